The van der Waals surface area contributed by atoms with E-state index in [9.17, 15) is 17.6 Å². The van der Waals surface area contributed by atoms with Crippen LogP contribution >= 0.6 is 11.3 Å². The molecule has 5 nitrogen and oxygen atoms in total. The largest absolute Gasteiger partial charge is 0.478 e. The molecule has 1 N–H and O–H groups in total. The Kier molecular flexibility index (Phi) is 3.87. The van der Waals surface area contributed by atoms with E-state index in [1.54, 1.807) is 6.92 Å². The second kappa shape index (κ2) is 5.29. The van der Waals surface area contributed by atoms with Crippen LogP contribution in [-0.4, -0.2) is 24.5 Å². The minimum atomic E-state index is -3.95. The quantitative estimate of drug-likeness (QED) is 0.935. The first-order valence-corrected chi connectivity index (χ1v) is 7.93. The Bertz CT molecular complexity index is 768. The van der Waals surface area contributed by atoms with Crippen molar-refractivity contribution in [1.82, 2.24) is 4.98 Å². The maximum atomic E-state index is 13.7. The van der Waals surface area contributed by atoms with Gasteiger partial charge >= 0.3 is 5.97 Å². The van der Waals surface area contributed by atoms with Crippen molar-refractivity contribution in [2.75, 3.05) is 0 Å². The standard InChI is InChI=1S/C12H10FNO4S2/c1-7-14-5-9(19-7)6-20(17,18)11-4-8(12(15)16)2-3-10(11)13/h2-5H,6H2,1H3,(H,15,16). The van der Waals surface area contributed by atoms with E-state index in [1.165, 1.54) is 17.5 Å². The number of carboxylic acid groups (broad SMARTS) is 1. The highest BCUT2D eigenvalue weighted by molar-refractivity contribution is 7.90. The van der Waals surface area contributed by atoms with Gasteiger partial charge in [-0.25, -0.2) is 22.6 Å². The number of hydrogen-bond acceptors (Lipinski definition) is 5. The molecule has 0 saturated heterocycles. The smallest absolute Gasteiger partial charge is 0.335 e. The van der Waals surface area contributed by atoms with E-state index in [0.717, 1.165) is 18.2 Å². The summed E-state index contributed by atoms with van der Waals surface area (Å²) in [5, 5.41) is 9.54. The van der Waals surface area contributed by atoms with E-state index in [0.29, 0.717) is 9.88 Å². The van der Waals surface area contributed by atoms with E-state index >= 15 is 0 Å². The third-order valence-electron chi connectivity index (χ3n) is 2.51. The summed E-state index contributed by atoms with van der Waals surface area (Å²) in [4.78, 5) is 14.6. The molecule has 0 aliphatic rings. The molecule has 0 bridgehead atoms. The zero-order valence-electron chi connectivity index (χ0n) is 10.3. The number of benzene rings is 1. The summed E-state index contributed by atoms with van der Waals surface area (Å²) in [5.41, 5.74) is -0.273. The van der Waals surface area contributed by atoms with E-state index in [1.807, 2.05) is 0 Å². The van der Waals surface area contributed by atoms with E-state index < -0.39 is 32.3 Å². The van der Waals surface area contributed by atoms with E-state index in [4.69, 9.17) is 5.11 Å². The lowest BCUT2D eigenvalue weighted by Gasteiger charge is -2.05. The van der Waals surface area contributed by atoms with Gasteiger partial charge in [0.1, 0.15) is 10.7 Å². The molecule has 0 aliphatic heterocycles. The first kappa shape index (κ1) is 14.6. The fraction of sp³-hybridized carbons (Fsp3) is 0.167. The van der Waals surface area contributed by atoms with Crippen LogP contribution in [0.2, 0.25) is 0 Å². The lowest BCUT2D eigenvalue weighted by Crippen LogP contribution is -2.08. The maximum Gasteiger partial charge on any atom is 0.335 e. The predicted octanol–water partition coefficient (Wildman–Crippen LogP) is 2.26. The predicted molar refractivity (Wildman–Crippen MR) is 71.1 cm³/mol. The molecule has 0 radical (unpaired) electrons. The van der Waals surface area contributed by atoms with Crippen LogP contribution in [0.15, 0.2) is 29.3 Å². The van der Waals surface area contributed by atoms with Crippen LogP contribution in [-0.2, 0) is 15.6 Å². The van der Waals surface area contributed by atoms with Crippen LogP contribution in [0.4, 0.5) is 4.39 Å². The topological polar surface area (TPSA) is 84.3 Å². The number of nitrogens with zero attached hydrogens (tertiary/aromatic N) is 1. The summed E-state index contributed by atoms with van der Waals surface area (Å²) in [6, 6.07) is 2.70. The van der Waals surface area contributed by atoms with Crippen molar-refractivity contribution in [3.8, 4) is 0 Å². The Morgan fingerprint density at radius 3 is 2.70 bits per heavy atom. The van der Waals surface area contributed by atoms with Crippen LogP contribution in [0.5, 0.6) is 0 Å². The van der Waals surface area contributed by atoms with Crippen molar-refractivity contribution in [2.24, 2.45) is 0 Å². The van der Waals surface area contributed by atoms with Gasteiger partial charge in [-0.3, -0.25) is 0 Å². The summed E-state index contributed by atoms with van der Waals surface area (Å²) in [5.74, 6) is -2.68. The van der Waals surface area contributed by atoms with E-state index in [2.05, 4.69) is 4.98 Å². The molecule has 1 heterocycles. The highest BCUT2D eigenvalue weighted by atomic mass is 32.2. The molecule has 0 fully saturated rings. The second-order valence-corrected chi connectivity index (χ2v) is 7.33. The van der Waals surface area contributed by atoms with E-state index in [-0.39, 0.29) is 5.56 Å². The van der Waals surface area contributed by atoms with Crippen molar-refractivity contribution >= 4 is 27.1 Å². The number of aromatic nitrogens is 1. The summed E-state index contributed by atoms with van der Waals surface area (Å²) in [7, 11) is -3.95. The van der Waals surface area contributed by atoms with Crippen LogP contribution < -0.4 is 0 Å². The summed E-state index contributed by atoms with van der Waals surface area (Å²) in [6.45, 7) is 1.73. The zero-order chi connectivity index (χ0) is 14.9. The Morgan fingerprint density at radius 1 is 1.45 bits per heavy atom. The molecule has 1 aromatic carbocycles. The Hall–Kier alpha value is -1.80. The number of aryl methyl sites for hydroxylation is 1. The van der Waals surface area contributed by atoms with Crippen LogP contribution in [0.3, 0.4) is 0 Å². The first-order valence-electron chi connectivity index (χ1n) is 5.46. The van der Waals surface area contributed by atoms with Crippen LogP contribution in [0.1, 0.15) is 20.2 Å². The van der Waals surface area contributed by atoms with Crippen LogP contribution in [0.25, 0.3) is 0 Å². The Balaban J connectivity index is 2.43. The van der Waals surface area contributed by atoms with Gasteiger partial charge in [0.25, 0.3) is 0 Å². The maximum absolute atomic E-state index is 13.7. The number of sulfone groups is 1. The third-order valence-corrected chi connectivity index (χ3v) is 5.28. The molecule has 0 spiro atoms. The SMILES string of the molecule is Cc1ncc(CS(=O)(=O)c2cc(C(=O)O)ccc2F)s1. The van der Waals surface area contributed by atoms with Gasteiger partial charge in [0.05, 0.1) is 16.3 Å². The normalized spacial score (nSPS) is 11.5. The van der Waals surface area contributed by atoms with Gasteiger partial charge in [-0.05, 0) is 25.1 Å². The van der Waals surface area contributed by atoms with Gasteiger partial charge < -0.3 is 5.11 Å². The third kappa shape index (κ3) is 3.02. The van der Waals surface area contributed by atoms with Crippen LogP contribution in [0, 0.1) is 12.7 Å². The molecule has 1 aromatic heterocycles. The lowest BCUT2D eigenvalue weighted by atomic mass is 10.2. The van der Waals surface area contributed by atoms with Crippen molar-refractivity contribution in [3.05, 3.63) is 45.7 Å². The van der Waals surface area contributed by atoms with Gasteiger partial charge in [-0.15, -0.1) is 11.3 Å². The number of aromatic carboxylic acids is 1. The highest BCUT2D eigenvalue weighted by Gasteiger charge is 2.22. The fourth-order valence-corrected chi connectivity index (χ4v) is 4.18. The summed E-state index contributed by atoms with van der Waals surface area (Å²) in [6.07, 6.45) is 1.41. The molecule has 20 heavy (non-hydrogen) atoms. The zero-order valence-corrected chi connectivity index (χ0v) is 12.0. The molecule has 0 amide bonds. The number of hydrogen-bond donors (Lipinski definition) is 1. The van der Waals surface area contributed by atoms with Crippen molar-refractivity contribution in [3.63, 3.8) is 0 Å². The Morgan fingerprint density at radius 2 is 2.15 bits per heavy atom. The number of thiazole rings is 1. The molecule has 0 atom stereocenters. The number of halogens is 1. The molecule has 2 aromatic rings. The highest BCUT2D eigenvalue weighted by Crippen LogP contribution is 2.23. The monoisotopic (exact) mass is 315 g/mol. The summed E-state index contributed by atoms with van der Waals surface area (Å²) < 4.78 is 38.0. The molecule has 2 rings (SSSR count). The second-order valence-electron chi connectivity index (χ2n) is 4.06. The van der Waals surface area contributed by atoms with Crippen molar-refractivity contribution in [1.29, 1.82) is 0 Å². The van der Waals surface area contributed by atoms with Crippen molar-refractivity contribution < 1.29 is 22.7 Å². The summed E-state index contributed by atoms with van der Waals surface area (Å²) >= 11 is 1.20. The lowest BCUT2D eigenvalue weighted by molar-refractivity contribution is 0.0696. The average Bonchev–Trinajstić information content (AvgIpc) is 2.73. The van der Waals surface area contributed by atoms with Crippen molar-refractivity contribution in [2.45, 2.75) is 17.6 Å². The number of rotatable bonds is 4. The molecular formula is C12H10FNO4S2. The molecule has 106 valence electrons. The first-order chi connectivity index (χ1) is 9.29. The molecule has 0 saturated carbocycles. The molecule has 0 unspecified atom stereocenters. The number of carbonyl (C=O) groups is 1. The van der Waals surface area contributed by atoms with Gasteiger partial charge in [0, 0.05) is 11.1 Å². The molecule has 8 heteroatoms. The van der Waals surface area contributed by atoms with Gasteiger partial charge in [0.2, 0.25) is 0 Å². The van der Waals surface area contributed by atoms with Gasteiger partial charge in [0.15, 0.2) is 9.84 Å². The molecular weight excluding hydrogens is 305 g/mol. The van der Waals surface area contributed by atoms with Gasteiger partial charge in [-0.1, -0.05) is 0 Å². The molecule has 0 aliphatic carbocycles. The average molecular weight is 315 g/mol. The number of carboxylic acids is 1. The minimum absolute atomic E-state index is 0.273. The fourth-order valence-electron chi connectivity index (χ4n) is 1.61. The Labute approximate surface area is 118 Å². The minimum Gasteiger partial charge on any atom is -0.478 e. The van der Waals surface area contributed by atoms with Gasteiger partial charge in [-0.2, -0.15) is 0 Å².